The summed E-state index contributed by atoms with van der Waals surface area (Å²) in [5.41, 5.74) is 1.70. The largest absolute Gasteiger partial charge is 0.486 e. The number of nitrogens with zero attached hydrogens (tertiary/aromatic N) is 3. The van der Waals surface area contributed by atoms with Crippen LogP contribution in [0.1, 0.15) is 25.1 Å². The first kappa shape index (κ1) is 21.2. The molecule has 0 saturated carbocycles. The molecule has 0 aliphatic carbocycles. The Hall–Kier alpha value is -3.06. The van der Waals surface area contributed by atoms with Gasteiger partial charge in [0.1, 0.15) is 24.7 Å². The van der Waals surface area contributed by atoms with Gasteiger partial charge in [-0.25, -0.2) is 4.98 Å². The summed E-state index contributed by atoms with van der Waals surface area (Å²) >= 11 is 5.93. The van der Waals surface area contributed by atoms with E-state index >= 15 is 0 Å². The molecular formula is C23H25ClN4O3. The molecule has 0 unspecified atom stereocenters. The number of amides is 2. The fraction of sp³-hybridized carbons (Fsp3) is 0.348. The summed E-state index contributed by atoms with van der Waals surface area (Å²) in [5, 5.41) is 3.59. The van der Waals surface area contributed by atoms with Crippen LogP contribution in [0, 0.1) is 0 Å². The highest BCUT2D eigenvalue weighted by Gasteiger charge is 2.19. The zero-order valence-corrected chi connectivity index (χ0v) is 18.0. The molecule has 162 valence electrons. The molecule has 1 aromatic heterocycles. The first-order chi connectivity index (χ1) is 15.1. The van der Waals surface area contributed by atoms with Crippen molar-refractivity contribution >= 4 is 34.4 Å². The summed E-state index contributed by atoms with van der Waals surface area (Å²) in [4.78, 5) is 30.8. The summed E-state index contributed by atoms with van der Waals surface area (Å²) in [6.45, 7) is 2.44. The Labute approximate surface area is 186 Å². The Balaban J connectivity index is 1.37. The Bertz CT molecular complexity index is 1060. The van der Waals surface area contributed by atoms with Crippen molar-refractivity contribution in [3.63, 3.8) is 0 Å². The van der Waals surface area contributed by atoms with Crippen molar-refractivity contribution in [2.75, 3.05) is 19.6 Å². The van der Waals surface area contributed by atoms with Crippen LogP contribution in [-0.4, -0.2) is 45.9 Å². The molecule has 2 aromatic carbocycles. The maximum atomic E-state index is 12.6. The highest BCUT2D eigenvalue weighted by atomic mass is 35.5. The Morgan fingerprint density at radius 2 is 1.97 bits per heavy atom. The quantitative estimate of drug-likeness (QED) is 0.517. The summed E-state index contributed by atoms with van der Waals surface area (Å²) in [7, 11) is 0. The molecule has 8 heteroatoms. The number of hydrogen-bond donors (Lipinski definition) is 1. The third-order valence-electron chi connectivity index (χ3n) is 5.32. The topological polar surface area (TPSA) is 76.5 Å². The van der Waals surface area contributed by atoms with E-state index in [-0.39, 0.29) is 25.0 Å². The van der Waals surface area contributed by atoms with Crippen LogP contribution in [0.5, 0.6) is 5.75 Å². The fourth-order valence-electron chi connectivity index (χ4n) is 3.73. The molecule has 0 atom stereocenters. The van der Waals surface area contributed by atoms with Crippen LogP contribution >= 0.6 is 11.6 Å². The lowest BCUT2D eigenvalue weighted by atomic mass is 10.3. The van der Waals surface area contributed by atoms with Crippen molar-refractivity contribution < 1.29 is 14.3 Å². The number of para-hydroxylation sites is 2. The van der Waals surface area contributed by atoms with Crippen LogP contribution in [-0.2, 0) is 22.7 Å². The van der Waals surface area contributed by atoms with Crippen LogP contribution in [0.4, 0.5) is 0 Å². The van der Waals surface area contributed by atoms with Crippen LogP contribution in [0.25, 0.3) is 11.0 Å². The summed E-state index contributed by atoms with van der Waals surface area (Å²) in [5.74, 6) is 1.48. The monoisotopic (exact) mass is 440 g/mol. The summed E-state index contributed by atoms with van der Waals surface area (Å²) < 4.78 is 7.73. The van der Waals surface area contributed by atoms with E-state index in [1.807, 2.05) is 33.7 Å². The van der Waals surface area contributed by atoms with Gasteiger partial charge in [0.15, 0.2) is 0 Å². The van der Waals surface area contributed by atoms with Crippen LogP contribution in [0.3, 0.4) is 0 Å². The van der Waals surface area contributed by atoms with E-state index in [1.54, 1.807) is 24.3 Å². The zero-order chi connectivity index (χ0) is 21.6. The molecule has 3 aromatic rings. The van der Waals surface area contributed by atoms with E-state index in [0.29, 0.717) is 36.1 Å². The molecule has 2 amide bonds. The molecule has 1 fully saturated rings. The third kappa shape index (κ3) is 5.35. The number of carbonyl (C=O) groups excluding carboxylic acids is 2. The zero-order valence-electron chi connectivity index (χ0n) is 17.2. The number of halogens is 1. The number of benzene rings is 2. The van der Waals surface area contributed by atoms with Gasteiger partial charge in [0.25, 0.3) is 0 Å². The highest BCUT2D eigenvalue weighted by Crippen LogP contribution is 2.20. The molecule has 4 rings (SSSR count). The fourth-order valence-corrected chi connectivity index (χ4v) is 3.85. The van der Waals surface area contributed by atoms with Crippen LogP contribution in [0.15, 0.2) is 48.5 Å². The van der Waals surface area contributed by atoms with Crippen molar-refractivity contribution in [3.8, 4) is 5.75 Å². The number of hydrogen-bond acceptors (Lipinski definition) is 4. The second-order valence-electron chi connectivity index (χ2n) is 7.53. The Morgan fingerprint density at radius 3 is 2.74 bits per heavy atom. The van der Waals surface area contributed by atoms with Gasteiger partial charge in [-0.2, -0.15) is 0 Å². The number of likely N-dealkylation sites (tertiary alicyclic amines) is 1. The second-order valence-corrected chi connectivity index (χ2v) is 7.97. The van der Waals surface area contributed by atoms with Crippen molar-refractivity contribution in [1.82, 2.24) is 19.8 Å². The number of nitrogens with one attached hydrogen (secondary N) is 1. The molecule has 1 saturated heterocycles. The molecule has 0 bridgehead atoms. The van der Waals surface area contributed by atoms with Gasteiger partial charge in [0, 0.05) is 31.1 Å². The predicted molar refractivity (Wildman–Crippen MR) is 119 cm³/mol. The van der Waals surface area contributed by atoms with Gasteiger partial charge in [-0.15, -0.1) is 0 Å². The van der Waals surface area contributed by atoms with Gasteiger partial charge in [0.05, 0.1) is 11.0 Å². The number of imidazole rings is 1. The van der Waals surface area contributed by atoms with Gasteiger partial charge in [-0.3, -0.25) is 9.59 Å². The molecule has 1 aliphatic heterocycles. The minimum Gasteiger partial charge on any atom is -0.486 e. The second kappa shape index (κ2) is 9.83. The summed E-state index contributed by atoms with van der Waals surface area (Å²) in [6.07, 6.45) is 2.31. The number of rotatable bonds is 9. The lowest BCUT2D eigenvalue weighted by Gasteiger charge is -2.15. The van der Waals surface area contributed by atoms with Crippen molar-refractivity contribution in [1.29, 1.82) is 0 Å². The van der Waals surface area contributed by atoms with Gasteiger partial charge >= 0.3 is 0 Å². The van der Waals surface area contributed by atoms with E-state index in [2.05, 4.69) is 10.3 Å². The maximum Gasteiger partial charge on any atom is 0.240 e. The van der Waals surface area contributed by atoms with Gasteiger partial charge in [0.2, 0.25) is 11.8 Å². The van der Waals surface area contributed by atoms with E-state index in [9.17, 15) is 9.59 Å². The van der Waals surface area contributed by atoms with E-state index in [1.165, 1.54) is 0 Å². The van der Waals surface area contributed by atoms with E-state index in [0.717, 1.165) is 30.4 Å². The van der Waals surface area contributed by atoms with E-state index in [4.69, 9.17) is 16.3 Å². The average molecular weight is 441 g/mol. The number of fused-ring (bicyclic) bond motifs is 1. The third-order valence-corrected chi connectivity index (χ3v) is 5.57. The molecule has 0 radical (unpaired) electrons. The molecule has 0 spiro atoms. The Morgan fingerprint density at radius 1 is 1.16 bits per heavy atom. The van der Waals surface area contributed by atoms with Gasteiger partial charge < -0.3 is 19.5 Å². The predicted octanol–water partition coefficient (Wildman–Crippen LogP) is 3.40. The molecule has 1 N–H and O–H groups in total. The number of ether oxygens (including phenoxy) is 1. The minimum atomic E-state index is -0.0938. The lowest BCUT2D eigenvalue weighted by Crippen LogP contribution is -2.32. The van der Waals surface area contributed by atoms with Crippen molar-refractivity contribution in [3.05, 3.63) is 59.4 Å². The van der Waals surface area contributed by atoms with Crippen LogP contribution < -0.4 is 10.1 Å². The van der Waals surface area contributed by atoms with Crippen LogP contribution in [0.2, 0.25) is 5.02 Å². The first-order valence-corrected chi connectivity index (χ1v) is 10.8. The van der Waals surface area contributed by atoms with Gasteiger partial charge in [-0.1, -0.05) is 23.7 Å². The molecule has 1 aliphatic rings. The normalized spacial score (nSPS) is 13.7. The molecule has 2 heterocycles. The lowest BCUT2D eigenvalue weighted by molar-refractivity contribution is -0.127. The Kier molecular flexibility index (Phi) is 6.72. The van der Waals surface area contributed by atoms with Gasteiger partial charge in [-0.05, 0) is 49.2 Å². The number of carbonyl (C=O) groups is 2. The average Bonchev–Trinajstić information content (AvgIpc) is 3.34. The minimum absolute atomic E-state index is 0.0938. The van der Waals surface area contributed by atoms with E-state index < -0.39 is 0 Å². The maximum absolute atomic E-state index is 12.6. The standard InChI is InChI=1S/C23H25ClN4O3/c24-17-8-10-18(11-9-17)31-16-21-26-19-5-1-2-6-20(19)28(21)15-22(29)25-12-4-14-27-13-3-7-23(27)30/h1-2,5-6,8-11H,3-4,7,12-16H2,(H,25,29). The molecular weight excluding hydrogens is 416 g/mol. The molecule has 7 nitrogen and oxygen atoms in total. The van der Waals surface area contributed by atoms with Crippen molar-refractivity contribution in [2.45, 2.75) is 32.4 Å². The van der Waals surface area contributed by atoms with Crippen molar-refractivity contribution in [2.24, 2.45) is 0 Å². The highest BCUT2D eigenvalue weighted by molar-refractivity contribution is 6.30. The summed E-state index contributed by atoms with van der Waals surface area (Å²) in [6, 6.07) is 14.8. The first-order valence-electron chi connectivity index (χ1n) is 10.5. The smallest absolute Gasteiger partial charge is 0.240 e. The SMILES string of the molecule is O=C(Cn1c(COc2ccc(Cl)cc2)nc2ccccc21)NCCCN1CCCC1=O. The molecule has 31 heavy (non-hydrogen) atoms. The number of aromatic nitrogens is 2.